The highest BCUT2D eigenvalue weighted by atomic mass is 32.1. The summed E-state index contributed by atoms with van der Waals surface area (Å²) in [5.74, 6) is 0.853. The SMILES string of the molecule is CN=C(NCCN(C)Cc1ccccc1)NCc1sccc1C. The Morgan fingerprint density at radius 1 is 1.17 bits per heavy atom. The lowest BCUT2D eigenvalue weighted by Gasteiger charge is -2.18. The molecule has 4 nitrogen and oxygen atoms in total. The van der Waals surface area contributed by atoms with Crippen molar-refractivity contribution >= 4 is 17.3 Å². The second-order valence-electron chi connectivity index (χ2n) is 5.60. The standard InChI is InChI=1S/C18H26N4S/c1-15-9-12-23-17(15)13-21-18(19-2)20-10-11-22(3)14-16-7-5-4-6-8-16/h4-9,12H,10-11,13-14H2,1-3H3,(H2,19,20,21). The number of nitrogens with one attached hydrogen (secondary N) is 2. The number of rotatable bonds is 7. The minimum Gasteiger partial charge on any atom is -0.355 e. The van der Waals surface area contributed by atoms with E-state index in [4.69, 9.17) is 0 Å². The molecule has 124 valence electrons. The number of aryl methyl sites for hydroxylation is 1. The predicted molar refractivity (Wildman–Crippen MR) is 100 cm³/mol. The Balaban J connectivity index is 1.68. The van der Waals surface area contributed by atoms with E-state index in [1.807, 2.05) is 7.05 Å². The van der Waals surface area contributed by atoms with Gasteiger partial charge in [0.15, 0.2) is 5.96 Å². The third-order valence-corrected chi connectivity index (χ3v) is 4.71. The van der Waals surface area contributed by atoms with E-state index in [0.29, 0.717) is 0 Å². The number of benzene rings is 1. The van der Waals surface area contributed by atoms with Gasteiger partial charge in [0.05, 0.1) is 6.54 Å². The number of likely N-dealkylation sites (N-methyl/N-ethyl adjacent to an activating group) is 1. The van der Waals surface area contributed by atoms with E-state index in [1.165, 1.54) is 16.0 Å². The van der Waals surface area contributed by atoms with E-state index in [0.717, 1.165) is 32.1 Å². The molecule has 0 unspecified atom stereocenters. The first kappa shape index (κ1) is 17.5. The predicted octanol–water partition coefficient (Wildman–Crippen LogP) is 2.85. The van der Waals surface area contributed by atoms with E-state index < -0.39 is 0 Å². The van der Waals surface area contributed by atoms with Crippen LogP contribution in [0.5, 0.6) is 0 Å². The molecular formula is C18H26N4S. The Labute approximate surface area is 143 Å². The first-order valence-electron chi connectivity index (χ1n) is 7.89. The van der Waals surface area contributed by atoms with Crippen LogP contribution < -0.4 is 10.6 Å². The molecule has 0 aliphatic carbocycles. The zero-order valence-corrected chi connectivity index (χ0v) is 15.0. The van der Waals surface area contributed by atoms with Gasteiger partial charge in [-0.3, -0.25) is 4.99 Å². The third kappa shape index (κ3) is 6.04. The number of hydrogen-bond acceptors (Lipinski definition) is 3. The first-order chi connectivity index (χ1) is 11.2. The van der Waals surface area contributed by atoms with Crippen LogP contribution in [0.15, 0.2) is 46.8 Å². The van der Waals surface area contributed by atoms with Crippen LogP contribution in [0.25, 0.3) is 0 Å². The average Bonchev–Trinajstić information content (AvgIpc) is 2.97. The molecule has 2 rings (SSSR count). The van der Waals surface area contributed by atoms with Gasteiger partial charge in [0, 0.05) is 31.6 Å². The third-order valence-electron chi connectivity index (χ3n) is 3.69. The monoisotopic (exact) mass is 330 g/mol. The lowest BCUT2D eigenvalue weighted by molar-refractivity contribution is 0.331. The summed E-state index contributed by atoms with van der Waals surface area (Å²) in [5, 5.41) is 8.86. The van der Waals surface area contributed by atoms with Crippen LogP contribution in [-0.4, -0.2) is 38.0 Å². The summed E-state index contributed by atoms with van der Waals surface area (Å²) in [5.41, 5.74) is 2.67. The van der Waals surface area contributed by atoms with Crippen LogP contribution >= 0.6 is 11.3 Å². The highest BCUT2D eigenvalue weighted by Crippen LogP contribution is 2.14. The molecule has 1 heterocycles. The smallest absolute Gasteiger partial charge is 0.191 e. The van der Waals surface area contributed by atoms with Crippen molar-refractivity contribution < 1.29 is 0 Å². The van der Waals surface area contributed by atoms with Gasteiger partial charge in [-0.2, -0.15) is 0 Å². The Bertz CT molecular complexity index is 606. The molecule has 0 atom stereocenters. The van der Waals surface area contributed by atoms with Gasteiger partial charge >= 0.3 is 0 Å². The van der Waals surface area contributed by atoms with E-state index in [9.17, 15) is 0 Å². The Morgan fingerprint density at radius 2 is 1.96 bits per heavy atom. The molecule has 0 amide bonds. The van der Waals surface area contributed by atoms with Crippen molar-refractivity contribution in [2.24, 2.45) is 4.99 Å². The van der Waals surface area contributed by atoms with Crippen LogP contribution in [0.1, 0.15) is 16.0 Å². The molecule has 0 saturated heterocycles. The number of guanidine groups is 1. The van der Waals surface area contributed by atoms with E-state index in [-0.39, 0.29) is 0 Å². The summed E-state index contributed by atoms with van der Waals surface area (Å²) in [6.07, 6.45) is 0. The number of aliphatic imine (C=N–C) groups is 1. The molecule has 0 aliphatic heterocycles. The van der Waals surface area contributed by atoms with Crippen molar-refractivity contribution in [3.05, 3.63) is 57.8 Å². The molecule has 2 N–H and O–H groups in total. The van der Waals surface area contributed by atoms with Crippen molar-refractivity contribution in [3.63, 3.8) is 0 Å². The number of hydrogen-bond donors (Lipinski definition) is 2. The van der Waals surface area contributed by atoms with Crippen molar-refractivity contribution in [2.75, 3.05) is 27.2 Å². The molecule has 0 spiro atoms. The fourth-order valence-corrected chi connectivity index (χ4v) is 3.15. The van der Waals surface area contributed by atoms with Gasteiger partial charge in [-0.1, -0.05) is 30.3 Å². The molecule has 0 aliphatic rings. The molecule has 1 aromatic carbocycles. The van der Waals surface area contributed by atoms with Gasteiger partial charge in [-0.15, -0.1) is 11.3 Å². The molecule has 0 bridgehead atoms. The summed E-state index contributed by atoms with van der Waals surface area (Å²) in [6, 6.07) is 12.7. The molecule has 23 heavy (non-hydrogen) atoms. The molecule has 0 saturated carbocycles. The Morgan fingerprint density at radius 3 is 2.61 bits per heavy atom. The van der Waals surface area contributed by atoms with Gasteiger partial charge in [0.1, 0.15) is 0 Å². The summed E-state index contributed by atoms with van der Waals surface area (Å²) in [6.45, 7) is 5.76. The maximum Gasteiger partial charge on any atom is 0.191 e. The van der Waals surface area contributed by atoms with Crippen LogP contribution in [-0.2, 0) is 13.1 Å². The zero-order valence-electron chi connectivity index (χ0n) is 14.2. The minimum absolute atomic E-state index is 0.822. The number of nitrogens with zero attached hydrogens (tertiary/aromatic N) is 2. The minimum atomic E-state index is 0.822. The second-order valence-corrected chi connectivity index (χ2v) is 6.60. The lowest BCUT2D eigenvalue weighted by atomic mass is 10.2. The quantitative estimate of drug-likeness (QED) is 0.606. The van der Waals surface area contributed by atoms with E-state index in [1.54, 1.807) is 11.3 Å². The molecular weight excluding hydrogens is 304 g/mol. The van der Waals surface area contributed by atoms with Crippen molar-refractivity contribution in [1.29, 1.82) is 0 Å². The molecule has 0 radical (unpaired) electrons. The van der Waals surface area contributed by atoms with Crippen LogP contribution in [0.4, 0.5) is 0 Å². The molecule has 2 aromatic rings. The maximum atomic E-state index is 4.28. The lowest BCUT2D eigenvalue weighted by Crippen LogP contribution is -2.40. The second kappa shape index (κ2) is 9.33. The topological polar surface area (TPSA) is 39.7 Å². The van der Waals surface area contributed by atoms with Gasteiger partial charge in [-0.05, 0) is 36.5 Å². The Kier molecular flexibility index (Phi) is 7.10. The first-order valence-corrected chi connectivity index (χ1v) is 8.77. The highest BCUT2D eigenvalue weighted by molar-refractivity contribution is 7.10. The van der Waals surface area contributed by atoms with Crippen LogP contribution in [0.2, 0.25) is 0 Å². The summed E-state index contributed by atoms with van der Waals surface area (Å²) in [4.78, 5) is 7.94. The fourth-order valence-electron chi connectivity index (χ4n) is 2.31. The molecule has 0 fully saturated rings. The van der Waals surface area contributed by atoms with Crippen LogP contribution in [0, 0.1) is 6.92 Å². The van der Waals surface area contributed by atoms with Crippen LogP contribution in [0.3, 0.4) is 0 Å². The maximum absolute atomic E-state index is 4.28. The van der Waals surface area contributed by atoms with Crippen molar-refractivity contribution in [2.45, 2.75) is 20.0 Å². The van der Waals surface area contributed by atoms with E-state index in [2.05, 4.69) is 76.3 Å². The highest BCUT2D eigenvalue weighted by Gasteiger charge is 2.03. The van der Waals surface area contributed by atoms with Gasteiger partial charge in [0.2, 0.25) is 0 Å². The van der Waals surface area contributed by atoms with Crippen molar-refractivity contribution in [3.8, 4) is 0 Å². The van der Waals surface area contributed by atoms with Gasteiger partial charge in [0.25, 0.3) is 0 Å². The summed E-state index contributed by atoms with van der Waals surface area (Å²) < 4.78 is 0. The molecule has 1 aromatic heterocycles. The average molecular weight is 331 g/mol. The normalized spacial score (nSPS) is 11.7. The van der Waals surface area contributed by atoms with Gasteiger partial charge < -0.3 is 15.5 Å². The zero-order chi connectivity index (χ0) is 16.5. The van der Waals surface area contributed by atoms with E-state index >= 15 is 0 Å². The largest absolute Gasteiger partial charge is 0.355 e. The van der Waals surface area contributed by atoms with Crippen molar-refractivity contribution in [1.82, 2.24) is 15.5 Å². The molecule has 5 heteroatoms. The summed E-state index contributed by atoms with van der Waals surface area (Å²) in [7, 11) is 3.95. The van der Waals surface area contributed by atoms with Gasteiger partial charge in [-0.25, -0.2) is 0 Å². The Hall–Kier alpha value is -1.85. The fraction of sp³-hybridized carbons (Fsp3) is 0.389. The number of thiophene rings is 1. The summed E-state index contributed by atoms with van der Waals surface area (Å²) >= 11 is 1.78.